The second kappa shape index (κ2) is 7.55. The molecule has 140 valence electrons. The average Bonchev–Trinajstić information content (AvgIpc) is 2.95. The zero-order valence-corrected chi connectivity index (χ0v) is 15.8. The number of hydrogen-bond acceptors (Lipinski definition) is 8. The van der Waals surface area contributed by atoms with Crippen molar-refractivity contribution in [1.29, 1.82) is 0 Å². The molecular formula is C17H24N6O2S. The lowest BCUT2D eigenvalue weighted by molar-refractivity contribution is 0.248. The van der Waals surface area contributed by atoms with Crippen LogP contribution in [-0.2, 0) is 22.8 Å². The lowest BCUT2D eigenvalue weighted by Gasteiger charge is -2.22. The van der Waals surface area contributed by atoms with E-state index in [2.05, 4.69) is 27.2 Å². The minimum absolute atomic E-state index is 0.0183. The van der Waals surface area contributed by atoms with Crippen molar-refractivity contribution in [3.05, 3.63) is 35.7 Å². The van der Waals surface area contributed by atoms with E-state index in [9.17, 15) is 8.42 Å². The number of aryl methyl sites for hydroxylation is 1. The Morgan fingerprint density at radius 2 is 2.04 bits per heavy atom. The van der Waals surface area contributed by atoms with Gasteiger partial charge in [0.05, 0.1) is 18.1 Å². The van der Waals surface area contributed by atoms with Crippen LogP contribution in [0, 0.1) is 0 Å². The van der Waals surface area contributed by atoms with Gasteiger partial charge >= 0.3 is 0 Å². The Kier molecular flexibility index (Phi) is 5.38. The number of nitrogens with one attached hydrogen (secondary N) is 1. The van der Waals surface area contributed by atoms with Crippen molar-refractivity contribution in [2.24, 2.45) is 0 Å². The summed E-state index contributed by atoms with van der Waals surface area (Å²) in [7, 11) is -1.05. The van der Waals surface area contributed by atoms with E-state index in [0.29, 0.717) is 24.7 Å². The van der Waals surface area contributed by atoms with Crippen molar-refractivity contribution in [3.63, 3.8) is 0 Å². The molecule has 0 saturated carbocycles. The molecular weight excluding hydrogens is 352 g/mol. The molecule has 0 amide bonds. The SMILES string of the molecule is CCc1ccccc1Nc1nc(N)nc(CN(C)C2CCS(=O)(=O)C2)n1. The third kappa shape index (κ3) is 4.47. The third-order valence-electron chi connectivity index (χ3n) is 4.57. The van der Waals surface area contributed by atoms with Gasteiger partial charge in [-0.2, -0.15) is 15.0 Å². The van der Waals surface area contributed by atoms with Gasteiger partial charge in [0, 0.05) is 11.7 Å². The molecule has 3 N–H and O–H groups in total. The third-order valence-corrected chi connectivity index (χ3v) is 6.32. The summed E-state index contributed by atoms with van der Waals surface area (Å²) >= 11 is 0. The summed E-state index contributed by atoms with van der Waals surface area (Å²) in [6.45, 7) is 2.50. The Balaban J connectivity index is 1.75. The first-order chi connectivity index (χ1) is 12.4. The summed E-state index contributed by atoms with van der Waals surface area (Å²) in [5.74, 6) is 1.46. The maximum absolute atomic E-state index is 11.7. The Morgan fingerprint density at radius 3 is 2.73 bits per heavy atom. The number of sulfone groups is 1. The average molecular weight is 376 g/mol. The van der Waals surface area contributed by atoms with E-state index in [-0.39, 0.29) is 23.5 Å². The van der Waals surface area contributed by atoms with Crippen LogP contribution in [0.15, 0.2) is 24.3 Å². The van der Waals surface area contributed by atoms with E-state index in [0.717, 1.165) is 17.7 Å². The molecule has 1 atom stereocenters. The van der Waals surface area contributed by atoms with Crippen LogP contribution >= 0.6 is 0 Å². The molecule has 0 spiro atoms. The smallest absolute Gasteiger partial charge is 0.232 e. The van der Waals surface area contributed by atoms with Gasteiger partial charge in [0.25, 0.3) is 0 Å². The molecule has 3 rings (SSSR count). The number of hydrogen-bond donors (Lipinski definition) is 2. The predicted octanol–water partition coefficient (Wildman–Crippen LogP) is 1.38. The monoisotopic (exact) mass is 376 g/mol. The normalized spacial score (nSPS) is 19.0. The highest BCUT2D eigenvalue weighted by molar-refractivity contribution is 7.91. The summed E-state index contributed by atoms with van der Waals surface area (Å²) in [6.07, 6.45) is 1.52. The highest BCUT2D eigenvalue weighted by Crippen LogP contribution is 2.21. The lowest BCUT2D eigenvalue weighted by atomic mass is 10.1. The van der Waals surface area contributed by atoms with Crippen molar-refractivity contribution >= 4 is 27.4 Å². The van der Waals surface area contributed by atoms with E-state index in [1.165, 1.54) is 0 Å². The summed E-state index contributed by atoms with van der Waals surface area (Å²) in [5.41, 5.74) is 7.93. The molecule has 26 heavy (non-hydrogen) atoms. The van der Waals surface area contributed by atoms with E-state index in [1.54, 1.807) is 0 Å². The summed E-state index contributed by atoms with van der Waals surface area (Å²) < 4.78 is 23.3. The topological polar surface area (TPSA) is 114 Å². The number of nitrogen functional groups attached to an aromatic ring is 1. The van der Waals surface area contributed by atoms with Crippen LogP contribution in [0.2, 0.25) is 0 Å². The quantitative estimate of drug-likeness (QED) is 0.777. The first kappa shape index (κ1) is 18.5. The van der Waals surface area contributed by atoms with Gasteiger partial charge in [-0.15, -0.1) is 0 Å². The molecule has 1 aromatic heterocycles. The zero-order chi connectivity index (χ0) is 18.7. The molecule has 1 aliphatic rings. The number of para-hydroxylation sites is 1. The van der Waals surface area contributed by atoms with Gasteiger partial charge in [-0.05, 0) is 31.5 Å². The minimum Gasteiger partial charge on any atom is -0.368 e. The van der Waals surface area contributed by atoms with Crippen molar-refractivity contribution in [3.8, 4) is 0 Å². The lowest BCUT2D eigenvalue weighted by Crippen LogP contribution is -2.33. The molecule has 1 fully saturated rings. The molecule has 2 heterocycles. The predicted molar refractivity (Wildman–Crippen MR) is 102 cm³/mol. The van der Waals surface area contributed by atoms with Gasteiger partial charge in [-0.25, -0.2) is 8.42 Å². The zero-order valence-electron chi connectivity index (χ0n) is 15.0. The van der Waals surface area contributed by atoms with Gasteiger partial charge in [0.2, 0.25) is 11.9 Å². The number of nitrogens with zero attached hydrogens (tertiary/aromatic N) is 4. The molecule has 1 aromatic carbocycles. The minimum atomic E-state index is -2.93. The molecule has 1 aliphatic heterocycles. The molecule has 9 heteroatoms. The van der Waals surface area contributed by atoms with Gasteiger partial charge in [-0.3, -0.25) is 4.90 Å². The number of benzene rings is 1. The fourth-order valence-corrected chi connectivity index (χ4v) is 4.92. The number of rotatable bonds is 6. The van der Waals surface area contributed by atoms with E-state index in [4.69, 9.17) is 5.73 Å². The second-order valence-corrected chi connectivity index (χ2v) is 8.77. The molecule has 1 unspecified atom stereocenters. The molecule has 0 bridgehead atoms. The fraction of sp³-hybridized carbons (Fsp3) is 0.471. The number of anilines is 3. The Morgan fingerprint density at radius 1 is 1.27 bits per heavy atom. The molecule has 1 saturated heterocycles. The van der Waals surface area contributed by atoms with Crippen molar-refractivity contribution in [2.45, 2.75) is 32.4 Å². The van der Waals surface area contributed by atoms with Crippen LogP contribution in [-0.4, -0.2) is 52.9 Å². The van der Waals surface area contributed by atoms with Crippen molar-refractivity contribution in [1.82, 2.24) is 19.9 Å². The Hall–Kier alpha value is -2.26. The van der Waals surface area contributed by atoms with Crippen molar-refractivity contribution < 1.29 is 8.42 Å². The summed E-state index contributed by atoms with van der Waals surface area (Å²) in [4.78, 5) is 14.8. The van der Waals surface area contributed by atoms with Gasteiger partial charge in [0.15, 0.2) is 9.84 Å². The van der Waals surface area contributed by atoms with Crippen LogP contribution in [0.3, 0.4) is 0 Å². The van der Waals surface area contributed by atoms with Crippen LogP contribution in [0.4, 0.5) is 17.6 Å². The van der Waals surface area contributed by atoms with E-state index < -0.39 is 9.84 Å². The molecule has 0 radical (unpaired) electrons. The fourth-order valence-electron chi connectivity index (χ4n) is 3.11. The molecule has 0 aliphatic carbocycles. The largest absolute Gasteiger partial charge is 0.368 e. The highest BCUT2D eigenvalue weighted by atomic mass is 32.2. The van der Waals surface area contributed by atoms with Crippen LogP contribution < -0.4 is 11.1 Å². The molecule has 8 nitrogen and oxygen atoms in total. The van der Waals surface area contributed by atoms with Gasteiger partial charge in [-0.1, -0.05) is 25.1 Å². The van der Waals surface area contributed by atoms with Crippen LogP contribution in [0.1, 0.15) is 24.7 Å². The Bertz CT molecular complexity index is 887. The first-order valence-electron chi connectivity index (χ1n) is 8.62. The van der Waals surface area contributed by atoms with Gasteiger partial charge < -0.3 is 11.1 Å². The van der Waals surface area contributed by atoms with Crippen LogP contribution in [0.5, 0.6) is 0 Å². The van der Waals surface area contributed by atoms with Crippen molar-refractivity contribution in [2.75, 3.05) is 29.6 Å². The molecule has 2 aromatic rings. The van der Waals surface area contributed by atoms with E-state index in [1.807, 2.05) is 36.2 Å². The first-order valence-corrected chi connectivity index (χ1v) is 10.4. The van der Waals surface area contributed by atoms with Gasteiger partial charge in [0.1, 0.15) is 5.82 Å². The highest BCUT2D eigenvalue weighted by Gasteiger charge is 2.30. The number of nitrogens with two attached hydrogens (primary N) is 1. The van der Waals surface area contributed by atoms with Crippen LogP contribution in [0.25, 0.3) is 0 Å². The standard InChI is InChI=1S/C17H24N6O2S/c1-3-12-6-4-5-7-14(12)19-17-21-15(20-16(18)22-17)10-23(2)13-8-9-26(24,25)11-13/h4-7,13H,3,8-11H2,1-2H3,(H3,18,19,20,21,22). The Labute approximate surface area is 153 Å². The summed E-state index contributed by atoms with van der Waals surface area (Å²) in [6, 6.07) is 7.93. The van der Waals surface area contributed by atoms with E-state index >= 15 is 0 Å². The second-order valence-electron chi connectivity index (χ2n) is 6.54. The summed E-state index contributed by atoms with van der Waals surface area (Å²) in [5, 5.41) is 3.20. The number of aromatic nitrogens is 3. The maximum Gasteiger partial charge on any atom is 0.232 e. The maximum atomic E-state index is 11.7.